The fourth-order valence-electron chi connectivity index (χ4n) is 3.90. The van der Waals surface area contributed by atoms with Crippen LogP contribution in [0.4, 0.5) is 5.69 Å². The lowest BCUT2D eigenvalue weighted by molar-refractivity contribution is -0.114. The molecule has 0 bridgehead atoms. The van der Waals surface area contributed by atoms with Gasteiger partial charge in [0.2, 0.25) is 0 Å². The highest BCUT2D eigenvalue weighted by Crippen LogP contribution is 2.25. The van der Waals surface area contributed by atoms with E-state index in [9.17, 15) is 40.3 Å². The first kappa shape index (κ1) is 29.9. The number of ketones is 1. The van der Waals surface area contributed by atoms with Gasteiger partial charge in [0.25, 0.3) is 37.5 Å². The van der Waals surface area contributed by atoms with Gasteiger partial charge in [-0.15, -0.1) is 0 Å². The highest BCUT2D eigenvalue weighted by Gasteiger charge is 2.34. The second kappa shape index (κ2) is 11.4. The van der Waals surface area contributed by atoms with Crippen molar-refractivity contribution >= 4 is 49.4 Å². The maximum atomic E-state index is 13.2. The Morgan fingerprint density at radius 2 is 1.50 bits per heavy atom. The quantitative estimate of drug-likeness (QED) is 0.163. The molecule has 1 amide bonds. The molecule has 4 N–H and O–H groups in total. The van der Waals surface area contributed by atoms with Crippen LogP contribution in [0.25, 0.3) is 11.8 Å². The molecule has 0 radical (unpaired) electrons. The molecule has 0 aliphatic carbocycles. The summed E-state index contributed by atoms with van der Waals surface area (Å²) in [4.78, 5) is 38.0. The minimum absolute atomic E-state index is 0.0591. The van der Waals surface area contributed by atoms with E-state index in [0.717, 1.165) is 34.0 Å². The van der Waals surface area contributed by atoms with Crippen LogP contribution in [0.3, 0.4) is 0 Å². The molecule has 2 aromatic carbocycles. The molecule has 3 aromatic rings. The number of aromatic nitrogens is 2. The molecular formula is C26H20N4O10S2. The summed E-state index contributed by atoms with van der Waals surface area (Å²) < 4.78 is 64.8. The van der Waals surface area contributed by atoms with E-state index in [2.05, 4.69) is 10.2 Å². The molecule has 4 rings (SSSR count). The van der Waals surface area contributed by atoms with Crippen molar-refractivity contribution in [3.8, 4) is 17.7 Å². The minimum atomic E-state index is -4.49. The lowest BCUT2D eigenvalue weighted by atomic mass is 10.1. The van der Waals surface area contributed by atoms with E-state index in [1.807, 2.05) is 5.92 Å². The third kappa shape index (κ3) is 5.99. The fraction of sp³-hybridized carbons (Fsp3) is 0.0769. The smallest absolute Gasteiger partial charge is 0.294 e. The van der Waals surface area contributed by atoms with Crippen LogP contribution in [0.2, 0.25) is 0 Å². The Labute approximate surface area is 238 Å². The molecule has 2 heterocycles. The van der Waals surface area contributed by atoms with Gasteiger partial charge >= 0.3 is 0 Å². The summed E-state index contributed by atoms with van der Waals surface area (Å²) in [7, 11) is -8.92. The van der Waals surface area contributed by atoms with Gasteiger partial charge < -0.3 is 5.11 Å². The van der Waals surface area contributed by atoms with Gasteiger partial charge in [-0.1, -0.05) is 13.0 Å². The molecule has 1 aromatic heterocycles. The van der Waals surface area contributed by atoms with Crippen LogP contribution in [0, 0.1) is 12.0 Å². The molecule has 1 aliphatic heterocycles. The number of nitrogens with one attached hydrogen (secondary N) is 1. The SMILES string of the molecule is CCc1[nH]n(-c2ccc(S(=O)(=O)O)cc2)c(=O)c1C=C/C=C1\C(=O)N(c2ccc(S(=O)(=O)O)cc2)N=C1C(=O)C#CO. The zero-order chi connectivity index (χ0) is 30.8. The fourth-order valence-corrected chi connectivity index (χ4v) is 4.86. The highest BCUT2D eigenvalue weighted by atomic mass is 32.2. The number of allylic oxidation sites excluding steroid dienone is 2. The molecule has 16 heteroatoms. The summed E-state index contributed by atoms with van der Waals surface area (Å²) in [5, 5.41) is 16.5. The van der Waals surface area contributed by atoms with Crippen molar-refractivity contribution in [2.24, 2.45) is 5.10 Å². The predicted molar refractivity (Wildman–Crippen MR) is 149 cm³/mol. The van der Waals surface area contributed by atoms with E-state index in [1.54, 1.807) is 6.92 Å². The Morgan fingerprint density at radius 1 is 0.952 bits per heavy atom. The number of rotatable bonds is 8. The van der Waals surface area contributed by atoms with Gasteiger partial charge in [0.15, 0.2) is 5.71 Å². The van der Waals surface area contributed by atoms with Crippen LogP contribution in [-0.4, -0.2) is 58.2 Å². The monoisotopic (exact) mass is 612 g/mol. The number of hydrazone groups is 1. The van der Waals surface area contributed by atoms with Gasteiger partial charge in [-0.25, -0.2) is 4.68 Å². The van der Waals surface area contributed by atoms with E-state index < -0.39 is 48.1 Å². The number of Topliss-reactive ketones (excluding diaryl/α,β-unsaturated/α-hetero) is 1. The number of nitrogens with zero attached hydrogens (tertiary/aromatic N) is 3. The van der Waals surface area contributed by atoms with Crippen molar-refractivity contribution in [3.05, 3.63) is 87.9 Å². The lowest BCUT2D eigenvalue weighted by Gasteiger charge is -2.11. The third-order valence-electron chi connectivity index (χ3n) is 5.92. The maximum Gasteiger partial charge on any atom is 0.294 e. The summed E-state index contributed by atoms with van der Waals surface area (Å²) in [6, 6.07) is 9.33. The Balaban J connectivity index is 1.70. The first-order valence-electron chi connectivity index (χ1n) is 11.8. The Bertz CT molecular complexity index is 2020. The number of H-pyrrole nitrogens is 1. The lowest BCUT2D eigenvalue weighted by Crippen LogP contribution is -2.22. The third-order valence-corrected chi connectivity index (χ3v) is 7.65. The molecule has 0 unspecified atom stereocenters. The maximum absolute atomic E-state index is 13.2. The predicted octanol–water partition coefficient (Wildman–Crippen LogP) is 1.47. The van der Waals surface area contributed by atoms with Crippen LogP contribution >= 0.6 is 0 Å². The van der Waals surface area contributed by atoms with E-state index in [0.29, 0.717) is 12.1 Å². The molecule has 0 saturated carbocycles. The Morgan fingerprint density at radius 3 is 2.00 bits per heavy atom. The van der Waals surface area contributed by atoms with Gasteiger partial charge in [-0.3, -0.25) is 28.6 Å². The molecule has 0 spiro atoms. The second-order valence-electron chi connectivity index (χ2n) is 8.51. The number of aliphatic hydroxyl groups excluding tert-OH is 1. The van der Waals surface area contributed by atoms with Crippen LogP contribution < -0.4 is 10.6 Å². The van der Waals surface area contributed by atoms with Crippen molar-refractivity contribution < 1.29 is 40.6 Å². The van der Waals surface area contributed by atoms with Crippen LogP contribution in [0.15, 0.2) is 85.9 Å². The zero-order valence-electron chi connectivity index (χ0n) is 21.4. The molecule has 14 nitrogen and oxygen atoms in total. The van der Waals surface area contributed by atoms with Crippen molar-refractivity contribution in [2.75, 3.05) is 5.01 Å². The summed E-state index contributed by atoms with van der Waals surface area (Å²) in [5.41, 5.74) is -0.165. The molecule has 42 heavy (non-hydrogen) atoms. The topological polar surface area (TPSA) is 216 Å². The number of amides is 1. The van der Waals surface area contributed by atoms with Gasteiger partial charge in [0.1, 0.15) is 6.11 Å². The molecule has 0 fully saturated rings. The summed E-state index contributed by atoms with van der Waals surface area (Å²) >= 11 is 0. The van der Waals surface area contributed by atoms with Crippen LogP contribution in [-0.2, 0) is 36.2 Å². The number of hydrogen-bond acceptors (Lipinski definition) is 9. The number of carbonyl (C=O) groups excluding carboxylic acids is 2. The van der Waals surface area contributed by atoms with Gasteiger partial charge in [0.05, 0.1) is 32.3 Å². The highest BCUT2D eigenvalue weighted by molar-refractivity contribution is 7.86. The van der Waals surface area contributed by atoms with E-state index in [4.69, 9.17) is 5.11 Å². The van der Waals surface area contributed by atoms with E-state index in [1.165, 1.54) is 48.6 Å². The van der Waals surface area contributed by atoms with E-state index in [-0.39, 0.29) is 27.4 Å². The van der Waals surface area contributed by atoms with Crippen molar-refractivity contribution in [1.82, 2.24) is 9.78 Å². The van der Waals surface area contributed by atoms with Gasteiger partial charge in [-0.05, 0) is 67.1 Å². The average molecular weight is 613 g/mol. The summed E-state index contributed by atoms with van der Waals surface area (Å²) in [5.74, 6) is 0.0834. The first-order valence-corrected chi connectivity index (χ1v) is 14.6. The molecule has 1 aliphatic rings. The van der Waals surface area contributed by atoms with Crippen LogP contribution in [0.1, 0.15) is 18.2 Å². The standard InChI is InChI=1S/C26H20N4O10S2/c1-2-22-20(25(33)29(27-22)16-6-10-18(11-7-16)41(35,36)37)4-3-5-21-24(23(32)14-15-31)28-30(26(21)34)17-8-12-19(13-9-17)42(38,39)40/h3-13,27,31H,2H2,1H3,(H,35,36,37)(H,38,39,40)/b4-3?,21-5-. The largest absolute Gasteiger partial charge is 0.462 e. The van der Waals surface area contributed by atoms with Crippen molar-refractivity contribution in [2.45, 2.75) is 23.1 Å². The number of benzene rings is 2. The molecule has 0 atom stereocenters. The first-order chi connectivity index (χ1) is 19.8. The second-order valence-corrected chi connectivity index (χ2v) is 11.4. The summed E-state index contributed by atoms with van der Waals surface area (Å²) in [6.07, 6.45) is 5.74. The van der Waals surface area contributed by atoms with Crippen molar-refractivity contribution in [3.63, 3.8) is 0 Å². The number of anilines is 1. The van der Waals surface area contributed by atoms with Gasteiger partial charge in [-0.2, -0.15) is 26.9 Å². The van der Waals surface area contributed by atoms with E-state index >= 15 is 0 Å². The number of aryl methyl sites for hydroxylation is 1. The number of aliphatic hydroxyl groups is 1. The average Bonchev–Trinajstić information content (AvgIpc) is 3.44. The van der Waals surface area contributed by atoms with Crippen LogP contribution in [0.5, 0.6) is 0 Å². The van der Waals surface area contributed by atoms with Crippen molar-refractivity contribution in [1.29, 1.82) is 0 Å². The Hall–Kier alpha value is -5.08. The summed E-state index contributed by atoms with van der Waals surface area (Å²) in [6.45, 7) is 1.77. The Kier molecular flexibility index (Phi) is 8.13. The van der Waals surface area contributed by atoms with Gasteiger partial charge in [0, 0.05) is 11.6 Å². The number of aromatic amines is 1. The minimum Gasteiger partial charge on any atom is -0.462 e. The molecular weight excluding hydrogens is 592 g/mol. The molecule has 216 valence electrons. The zero-order valence-corrected chi connectivity index (χ0v) is 23.0. The molecule has 0 saturated heterocycles. The number of hydrogen-bond donors (Lipinski definition) is 4. The normalized spacial score (nSPS) is 14.7. The number of carbonyl (C=O) groups is 2.